The first kappa shape index (κ1) is 15.2. The lowest BCUT2D eigenvalue weighted by Crippen LogP contribution is -2.32. The van der Waals surface area contributed by atoms with Crippen LogP contribution in [0.4, 0.5) is 0 Å². The highest BCUT2D eigenvalue weighted by Gasteiger charge is 2.29. The molecule has 0 amide bonds. The zero-order valence-corrected chi connectivity index (χ0v) is 13.4. The van der Waals surface area contributed by atoms with Crippen LogP contribution in [0, 0.1) is 5.92 Å². The van der Waals surface area contributed by atoms with E-state index in [1.54, 1.807) is 0 Å². The first-order chi connectivity index (χ1) is 10.8. The van der Waals surface area contributed by atoms with Crippen LogP contribution >= 0.6 is 0 Å². The molecule has 3 heterocycles. The van der Waals surface area contributed by atoms with Gasteiger partial charge < -0.3 is 10.1 Å². The monoisotopic (exact) mass is 303 g/mol. The standard InChI is InChI=1S/C16H25N5O/c1-3-21-12-13(10-19-21)9-17-11-14-5-4-8-22-16(14)15-6-7-18-20(15)2/h6-7,10,12,14,16-17H,3-5,8-9,11H2,1-2H3/t14-,16+/m0/s1. The minimum absolute atomic E-state index is 0.145. The van der Waals surface area contributed by atoms with Crippen molar-refractivity contribution in [2.24, 2.45) is 13.0 Å². The molecule has 22 heavy (non-hydrogen) atoms. The summed E-state index contributed by atoms with van der Waals surface area (Å²) < 4.78 is 9.91. The van der Waals surface area contributed by atoms with Gasteiger partial charge in [0.05, 0.1) is 11.9 Å². The van der Waals surface area contributed by atoms with Crippen LogP contribution in [0.1, 0.15) is 37.1 Å². The fourth-order valence-corrected chi connectivity index (χ4v) is 3.11. The van der Waals surface area contributed by atoms with Crippen molar-refractivity contribution >= 4 is 0 Å². The minimum Gasteiger partial charge on any atom is -0.372 e. The number of hydrogen-bond acceptors (Lipinski definition) is 4. The largest absolute Gasteiger partial charge is 0.372 e. The Kier molecular flexibility index (Phi) is 4.90. The van der Waals surface area contributed by atoms with Gasteiger partial charge in [0.15, 0.2) is 0 Å². The van der Waals surface area contributed by atoms with E-state index >= 15 is 0 Å². The Morgan fingerprint density at radius 3 is 3.05 bits per heavy atom. The quantitative estimate of drug-likeness (QED) is 0.885. The molecule has 0 spiro atoms. The van der Waals surface area contributed by atoms with Gasteiger partial charge in [-0.2, -0.15) is 10.2 Å². The van der Waals surface area contributed by atoms with E-state index in [1.807, 2.05) is 28.8 Å². The van der Waals surface area contributed by atoms with Crippen LogP contribution in [-0.2, 0) is 24.9 Å². The lowest BCUT2D eigenvalue weighted by Gasteiger charge is -2.32. The zero-order valence-electron chi connectivity index (χ0n) is 13.4. The van der Waals surface area contributed by atoms with E-state index in [9.17, 15) is 0 Å². The highest BCUT2D eigenvalue weighted by Crippen LogP contribution is 2.32. The Bertz CT molecular complexity index is 591. The van der Waals surface area contributed by atoms with Gasteiger partial charge in [0, 0.05) is 57.2 Å². The van der Waals surface area contributed by atoms with Crippen LogP contribution in [0.2, 0.25) is 0 Å². The van der Waals surface area contributed by atoms with Crippen molar-refractivity contribution in [3.63, 3.8) is 0 Å². The fraction of sp³-hybridized carbons (Fsp3) is 0.625. The normalized spacial score (nSPS) is 22.1. The molecule has 0 bridgehead atoms. The van der Waals surface area contributed by atoms with Crippen molar-refractivity contribution in [1.29, 1.82) is 0 Å². The summed E-state index contributed by atoms with van der Waals surface area (Å²) in [6.07, 6.45) is 8.35. The molecule has 1 fully saturated rings. The van der Waals surface area contributed by atoms with Crippen LogP contribution in [0.5, 0.6) is 0 Å². The van der Waals surface area contributed by atoms with Crippen molar-refractivity contribution in [3.05, 3.63) is 35.9 Å². The van der Waals surface area contributed by atoms with E-state index in [0.717, 1.165) is 32.7 Å². The summed E-state index contributed by atoms with van der Waals surface area (Å²) in [5, 5.41) is 12.1. The van der Waals surface area contributed by atoms with Gasteiger partial charge in [-0.25, -0.2) is 0 Å². The highest BCUT2D eigenvalue weighted by molar-refractivity contribution is 5.07. The molecule has 6 nitrogen and oxygen atoms in total. The molecule has 0 aliphatic carbocycles. The molecule has 1 aliphatic heterocycles. The van der Waals surface area contributed by atoms with Crippen molar-refractivity contribution in [2.45, 2.75) is 39.0 Å². The molecular weight excluding hydrogens is 278 g/mol. The Morgan fingerprint density at radius 2 is 2.32 bits per heavy atom. The molecule has 0 saturated carbocycles. The predicted octanol–water partition coefficient (Wildman–Crippen LogP) is 1.89. The average Bonchev–Trinajstić information content (AvgIpc) is 3.17. The average molecular weight is 303 g/mol. The summed E-state index contributed by atoms with van der Waals surface area (Å²) in [6, 6.07) is 2.06. The fourth-order valence-electron chi connectivity index (χ4n) is 3.11. The summed E-state index contributed by atoms with van der Waals surface area (Å²) >= 11 is 0. The van der Waals surface area contributed by atoms with Gasteiger partial charge in [-0.15, -0.1) is 0 Å². The van der Waals surface area contributed by atoms with Gasteiger partial charge >= 0.3 is 0 Å². The topological polar surface area (TPSA) is 56.9 Å². The molecule has 1 saturated heterocycles. The first-order valence-electron chi connectivity index (χ1n) is 8.09. The summed E-state index contributed by atoms with van der Waals surface area (Å²) in [7, 11) is 1.98. The van der Waals surface area contributed by atoms with Crippen molar-refractivity contribution in [3.8, 4) is 0 Å². The zero-order chi connectivity index (χ0) is 15.4. The molecule has 120 valence electrons. The Labute approximate surface area is 131 Å². The van der Waals surface area contributed by atoms with Crippen LogP contribution in [0.3, 0.4) is 0 Å². The summed E-state index contributed by atoms with van der Waals surface area (Å²) in [5.41, 5.74) is 2.40. The number of nitrogens with one attached hydrogen (secondary N) is 1. The molecule has 2 aromatic heterocycles. The second kappa shape index (κ2) is 7.07. The van der Waals surface area contributed by atoms with Gasteiger partial charge in [-0.3, -0.25) is 9.36 Å². The summed E-state index contributed by atoms with van der Waals surface area (Å²) in [4.78, 5) is 0. The van der Waals surface area contributed by atoms with E-state index < -0.39 is 0 Å². The molecule has 6 heteroatoms. The van der Waals surface area contributed by atoms with E-state index in [2.05, 4.69) is 34.7 Å². The van der Waals surface area contributed by atoms with E-state index in [1.165, 1.54) is 17.7 Å². The number of aryl methyl sites for hydroxylation is 2. The van der Waals surface area contributed by atoms with Gasteiger partial charge in [0.1, 0.15) is 6.10 Å². The Morgan fingerprint density at radius 1 is 1.41 bits per heavy atom. The molecule has 2 atom stereocenters. The summed E-state index contributed by atoms with van der Waals surface area (Å²) in [6.45, 7) is 5.67. The predicted molar refractivity (Wildman–Crippen MR) is 84.2 cm³/mol. The molecule has 0 unspecified atom stereocenters. The maximum atomic E-state index is 6.02. The Balaban J connectivity index is 1.56. The molecule has 1 aliphatic rings. The second-order valence-corrected chi connectivity index (χ2v) is 5.91. The van der Waals surface area contributed by atoms with Gasteiger partial charge in [0.2, 0.25) is 0 Å². The van der Waals surface area contributed by atoms with E-state index in [0.29, 0.717) is 5.92 Å². The third kappa shape index (κ3) is 3.39. The van der Waals surface area contributed by atoms with Crippen molar-refractivity contribution < 1.29 is 4.74 Å². The molecule has 3 rings (SSSR count). The third-order valence-corrected chi connectivity index (χ3v) is 4.34. The third-order valence-electron chi connectivity index (χ3n) is 4.34. The van der Waals surface area contributed by atoms with Gasteiger partial charge in [-0.1, -0.05) is 0 Å². The lowest BCUT2D eigenvalue weighted by molar-refractivity contribution is -0.0323. The van der Waals surface area contributed by atoms with E-state index in [4.69, 9.17) is 4.74 Å². The smallest absolute Gasteiger partial charge is 0.103 e. The minimum atomic E-state index is 0.145. The SMILES string of the molecule is CCn1cc(CNC[C@@H]2CCCO[C@H]2c2ccnn2C)cn1. The molecule has 2 aromatic rings. The van der Waals surface area contributed by atoms with Gasteiger partial charge in [0.25, 0.3) is 0 Å². The molecule has 0 aromatic carbocycles. The number of hydrogen-bond donors (Lipinski definition) is 1. The van der Waals surface area contributed by atoms with E-state index in [-0.39, 0.29) is 6.10 Å². The highest BCUT2D eigenvalue weighted by atomic mass is 16.5. The number of nitrogens with zero attached hydrogens (tertiary/aromatic N) is 4. The molecule has 1 N–H and O–H groups in total. The van der Waals surface area contributed by atoms with Crippen LogP contribution in [0.15, 0.2) is 24.7 Å². The molecule has 0 radical (unpaired) electrons. The maximum absolute atomic E-state index is 6.02. The Hall–Kier alpha value is -1.66. The van der Waals surface area contributed by atoms with Crippen LogP contribution in [0.25, 0.3) is 0 Å². The van der Waals surface area contributed by atoms with Gasteiger partial charge in [-0.05, 0) is 25.8 Å². The lowest BCUT2D eigenvalue weighted by atomic mass is 9.92. The first-order valence-corrected chi connectivity index (χ1v) is 8.09. The van der Waals surface area contributed by atoms with Crippen molar-refractivity contribution in [2.75, 3.05) is 13.2 Å². The number of rotatable bonds is 6. The van der Waals surface area contributed by atoms with Crippen molar-refractivity contribution in [1.82, 2.24) is 24.9 Å². The second-order valence-electron chi connectivity index (χ2n) is 5.91. The summed E-state index contributed by atoms with van der Waals surface area (Å²) in [5.74, 6) is 0.491. The molecular formula is C16H25N5O. The maximum Gasteiger partial charge on any atom is 0.103 e. The van der Waals surface area contributed by atoms with Crippen LogP contribution < -0.4 is 5.32 Å². The number of aromatic nitrogens is 4. The number of ether oxygens (including phenoxy) is 1. The van der Waals surface area contributed by atoms with Crippen LogP contribution in [-0.4, -0.2) is 32.7 Å².